The maximum absolute atomic E-state index is 12.7. The normalized spacial score (nSPS) is 19.6. The Morgan fingerprint density at radius 2 is 1.34 bits per heavy atom. The third-order valence-corrected chi connectivity index (χ3v) is 9.69. The van der Waals surface area contributed by atoms with Crippen LogP contribution in [0.4, 0.5) is 0 Å². The highest BCUT2D eigenvalue weighted by atomic mass is 28.3. The van der Waals surface area contributed by atoms with Gasteiger partial charge in [-0.2, -0.15) is 5.10 Å². The van der Waals surface area contributed by atoms with Gasteiger partial charge in [0.15, 0.2) is 5.69 Å². The zero-order chi connectivity index (χ0) is 33.1. The number of ether oxygens (including phenoxy) is 6. The van der Waals surface area contributed by atoms with Gasteiger partial charge in [0, 0.05) is 14.7 Å². The Morgan fingerprint density at radius 1 is 0.787 bits per heavy atom. The van der Waals surface area contributed by atoms with Crippen molar-refractivity contribution in [1.82, 2.24) is 9.78 Å². The molecule has 47 heavy (non-hydrogen) atoms. The van der Waals surface area contributed by atoms with Crippen LogP contribution in [0.3, 0.4) is 0 Å². The molecule has 0 amide bonds. The number of nitrogens with zero attached hydrogens (tertiary/aromatic N) is 2. The highest BCUT2D eigenvalue weighted by Gasteiger charge is 2.48. The largest absolute Gasteiger partial charge is 0.464 e. The smallest absolute Gasteiger partial charge is 0.358 e. The Kier molecular flexibility index (Phi) is 12.5. The zero-order valence-corrected chi connectivity index (χ0v) is 28.7. The molecule has 250 valence electrons. The van der Waals surface area contributed by atoms with E-state index in [0.717, 1.165) is 22.7 Å². The molecular weight excluding hydrogens is 613 g/mol. The third-order valence-electron chi connectivity index (χ3n) is 7.98. The van der Waals surface area contributed by atoms with Gasteiger partial charge in [0.1, 0.15) is 31.1 Å². The number of rotatable bonds is 17. The first-order valence-electron chi connectivity index (χ1n) is 16.1. The van der Waals surface area contributed by atoms with Crippen LogP contribution in [0.15, 0.2) is 97.1 Å². The van der Waals surface area contributed by atoms with E-state index in [0.29, 0.717) is 32.1 Å². The average molecular weight is 659 g/mol. The molecule has 0 unspecified atom stereocenters. The summed E-state index contributed by atoms with van der Waals surface area (Å²) >= 11 is 0. The van der Waals surface area contributed by atoms with E-state index in [2.05, 4.69) is 24.7 Å². The van der Waals surface area contributed by atoms with Crippen molar-refractivity contribution in [2.75, 3.05) is 20.3 Å². The molecule has 4 atom stereocenters. The lowest BCUT2D eigenvalue weighted by Gasteiger charge is -2.25. The number of benzene rings is 3. The molecule has 1 aromatic heterocycles. The number of carbonyl (C=O) groups is 1. The molecular formula is C37H46N2O7Si. The van der Waals surface area contributed by atoms with E-state index < -0.39 is 38.5 Å². The van der Waals surface area contributed by atoms with Crippen molar-refractivity contribution in [2.24, 2.45) is 0 Å². The van der Waals surface area contributed by atoms with Gasteiger partial charge in [-0.3, -0.25) is 0 Å². The van der Waals surface area contributed by atoms with Crippen molar-refractivity contribution in [3.63, 3.8) is 0 Å². The van der Waals surface area contributed by atoms with Crippen LogP contribution in [-0.2, 0) is 55.0 Å². The zero-order valence-electron chi connectivity index (χ0n) is 27.7. The first-order valence-corrected chi connectivity index (χ1v) is 19.8. The molecule has 1 aliphatic heterocycles. The van der Waals surface area contributed by atoms with E-state index in [4.69, 9.17) is 28.4 Å². The summed E-state index contributed by atoms with van der Waals surface area (Å²) in [5.74, 6) is -0.536. The van der Waals surface area contributed by atoms with E-state index in [1.165, 1.54) is 7.11 Å². The lowest BCUT2D eigenvalue weighted by atomic mass is 10.0. The predicted octanol–water partition coefficient (Wildman–Crippen LogP) is 6.81. The highest BCUT2D eigenvalue weighted by Crippen LogP contribution is 2.39. The lowest BCUT2D eigenvalue weighted by molar-refractivity contribution is -0.0899. The van der Waals surface area contributed by atoms with Crippen LogP contribution in [0.1, 0.15) is 39.0 Å². The first-order chi connectivity index (χ1) is 22.8. The Hall–Kier alpha value is -3.64. The fraction of sp³-hybridized carbons (Fsp3) is 0.405. The van der Waals surface area contributed by atoms with Gasteiger partial charge in [-0.05, 0) is 28.8 Å². The van der Waals surface area contributed by atoms with Crippen molar-refractivity contribution >= 4 is 14.0 Å². The number of methoxy groups -OCH3 is 1. The van der Waals surface area contributed by atoms with Gasteiger partial charge in [0.2, 0.25) is 0 Å². The molecule has 0 N–H and O–H groups in total. The Morgan fingerprint density at radius 3 is 1.89 bits per heavy atom. The van der Waals surface area contributed by atoms with Gasteiger partial charge in [-0.15, -0.1) is 0 Å². The van der Waals surface area contributed by atoms with Gasteiger partial charge in [-0.25, -0.2) is 9.48 Å². The standard InChI is InChI=1S/C37H46N2O7Si/c1-41-37(40)31-22-32(39(38-31)27-42-20-21-47(2,3)4)34-36(45-25-30-18-12-7-13-19-30)35(44-24-29-16-10-6-11-17-29)33(46-34)26-43-23-28-14-8-5-9-15-28/h5-19,22,33-36H,20-21,23-27H2,1-4H3/t33-,34+,35-,36+/m1/s1. The van der Waals surface area contributed by atoms with Crippen LogP contribution in [0, 0.1) is 0 Å². The molecule has 1 aliphatic rings. The van der Waals surface area contributed by atoms with E-state index in [-0.39, 0.29) is 19.0 Å². The van der Waals surface area contributed by atoms with E-state index >= 15 is 0 Å². The van der Waals surface area contributed by atoms with Gasteiger partial charge >= 0.3 is 5.97 Å². The Bertz CT molecular complexity index is 1510. The molecule has 0 radical (unpaired) electrons. The second-order valence-electron chi connectivity index (χ2n) is 12.9. The van der Waals surface area contributed by atoms with Crippen LogP contribution in [-0.4, -0.2) is 62.5 Å². The summed E-state index contributed by atoms with van der Waals surface area (Å²) in [6, 6.07) is 32.8. The van der Waals surface area contributed by atoms with Gasteiger partial charge in [-0.1, -0.05) is 111 Å². The molecule has 4 aromatic rings. The van der Waals surface area contributed by atoms with Gasteiger partial charge in [0.05, 0.1) is 39.2 Å². The summed E-state index contributed by atoms with van der Waals surface area (Å²) in [4.78, 5) is 12.7. The fourth-order valence-electron chi connectivity index (χ4n) is 5.38. The molecule has 1 fully saturated rings. The fourth-order valence-corrected chi connectivity index (χ4v) is 6.14. The lowest BCUT2D eigenvalue weighted by Crippen LogP contribution is -2.38. The SMILES string of the molecule is COC(=O)c1cc([C@@H]2O[C@H](COCc3ccccc3)[C@@H](OCc3ccccc3)[C@H]2OCc2ccccc2)n(COCC[Si](C)(C)C)n1. The Labute approximate surface area is 278 Å². The van der Waals surface area contributed by atoms with Gasteiger partial charge < -0.3 is 28.4 Å². The second kappa shape index (κ2) is 17.0. The Balaban J connectivity index is 1.44. The molecule has 2 heterocycles. The van der Waals surface area contributed by atoms with E-state index in [1.807, 2.05) is 91.0 Å². The maximum atomic E-state index is 12.7. The van der Waals surface area contributed by atoms with Crippen LogP contribution >= 0.6 is 0 Å². The molecule has 1 saturated heterocycles. The monoisotopic (exact) mass is 658 g/mol. The van der Waals surface area contributed by atoms with Crippen LogP contribution in [0.25, 0.3) is 0 Å². The summed E-state index contributed by atoms with van der Waals surface area (Å²) in [5.41, 5.74) is 3.95. The number of hydrogen-bond acceptors (Lipinski definition) is 8. The third kappa shape index (κ3) is 10.2. The van der Waals surface area contributed by atoms with E-state index in [9.17, 15) is 4.79 Å². The van der Waals surface area contributed by atoms with Crippen molar-refractivity contribution in [2.45, 2.75) is 76.7 Å². The summed E-state index contributed by atoms with van der Waals surface area (Å²) in [5, 5.41) is 4.58. The van der Waals surface area contributed by atoms with Crippen molar-refractivity contribution < 1.29 is 33.2 Å². The molecule has 5 rings (SSSR count). The number of carbonyl (C=O) groups excluding carboxylic acids is 1. The predicted molar refractivity (Wildman–Crippen MR) is 181 cm³/mol. The molecule has 0 saturated carbocycles. The van der Waals surface area contributed by atoms with Crippen LogP contribution < -0.4 is 0 Å². The topological polar surface area (TPSA) is 90.3 Å². The maximum Gasteiger partial charge on any atom is 0.358 e. The molecule has 10 heteroatoms. The summed E-state index contributed by atoms with van der Waals surface area (Å²) in [6.45, 7) is 9.11. The van der Waals surface area contributed by atoms with Crippen molar-refractivity contribution in [1.29, 1.82) is 0 Å². The van der Waals surface area contributed by atoms with Crippen LogP contribution in [0.5, 0.6) is 0 Å². The second-order valence-corrected chi connectivity index (χ2v) is 18.5. The first kappa shape index (κ1) is 34.7. The molecule has 0 bridgehead atoms. The van der Waals surface area contributed by atoms with E-state index in [1.54, 1.807) is 10.7 Å². The number of aromatic nitrogens is 2. The minimum atomic E-state index is -1.30. The van der Waals surface area contributed by atoms with Crippen molar-refractivity contribution in [3.05, 3.63) is 125 Å². The number of hydrogen-bond donors (Lipinski definition) is 0. The minimum Gasteiger partial charge on any atom is -0.464 e. The molecule has 9 nitrogen and oxygen atoms in total. The summed E-state index contributed by atoms with van der Waals surface area (Å²) in [7, 11) is 0.0402. The minimum absolute atomic E-state index is 0.160. The van der Waals surface area contributed by atoms with Crippen LogP contribution in [0.2, 0.25) is 25.7 Å². The molecule has 3 aromatic carbocycles. The molecule has 0 aliphatic carbocycles. The van der Waals surface area contributed by atoms with Crippen molar-refractivity contribution in [3.8, 4) is 0 Å². The summed E-state index contributed by atoms with van der Waals surface area (Å²) in [6.07, 6.45) is -2.13. The quantitative estimate of drug-likeness (QED) is 0.0695. The van der Waals surface area contributed by atoms with Gasteiger partial charge in [0.25, 0.3) is 0 Å². The summed E-state index contributed by atoms with van der Waals surface area (Å²) < 4.78 is 39.1. The number of esters is 1. The molecule has 0 spiro atoms. The average Bonchev–Trinajstić information content (AvgIpc) is 3.66. The highest BCUT2D eigenvalue weighted by molar-refractivity contribution is 6.76.